The van der Waals surface area contributed by atoms with E-state index in [9.17, 15) is 32.3 Å². The first kappa shape index (κ1) is 40.5. The number of hydrogen-bond acceptors (Lipinski definition) is 7. The lowest BCUT2D eigenvalue weighted by Gasteiger charge is -2.29. The van der Waals surface area contributed by atoms with E-state index in [2.05, 4.69) is 12.2 Å². The molecule has 0 saturated carbocycles. The number of benzene rings is 2. The van der Waals surface area contributed by atoms with Crippen LogP contribution in [0.5, 0.6) is 11.5 Å². The van der Waals surface area contributed by atoms with Gasteiger partial charge in [-0.15, -0.1) is 0 Å². The molecule has 2 aromatic rings. The van der Waals surface area contributed by atoms with E-state index in [-0.39, 0.29) is 11.7 Å². The topological polar surface area (TPSA) is 125 Å². The summed E-state index contributed by atoms with van der Waals surface area (Å²) in [5.41, 5.74) is 1.34. The molecule has 0 unspecified atom stereocenters. The molecule has 1 heterocycles. The highest BCUT2D eigenvalue weighted by Gasteiger charge is 2.38. The van der Waals surface area contributed by atoms with Gasteiger partial charge in [0, 0.05) is 38.0 Å². The maximum atomic E-state index is 13.8. The zero-order valence-electron chi connectivity index (χ0n) is 27.6. The second-order valence-electron chi connectivity index (χ2n) is 11.8. The van der Waals surface area contributed by atoms with E-state index in [1.54, 1.807) is 31.4 Å². The molecule has 0 bridgehead atoms. The molecule has 3 rings (SSSR count). The van der Waals surface area contributed by atoms with Gasteiger partial charge < -0.3 is 25.0 Å². The van der Waals surface area contributed by atoms with Gasteiger partial charge in [-0.3, -0.25) is 14.5 Å². The van der Waals surface area contributed by atoms with Gasteiger partial charge in [-0.25, -0.2) is 9.18 Å². The standard InChI is InChI=1S/C33H47FN2O5.C2HF3O2/c1-3-4-5-9-22-41-29-18-14-26(15-19-29)33(39)30(24-36-21-20-27(34)23-36)35-32(38)11-8-6-7-10-31(37)25-12-16-28(40-2)17-13-25;3-2(4,5)1(6)7/h12-19,27,30,33,39H,3-11,20-24H2,1-2H3,(H,35,38);(H,6,7)/t27-,30-,33-;/m1./s1. The number of rotatable bonds is 19. The number of nitrogens with one attached hydrogen (secondary N) is 1. The Morgan fingerprint density at radius 2 is 1.54 bits per heavy atom. The number of nitrogens with zero attached hydrogens (tertiary/aromatic N) is 1. The van der Waals surface area contributed by atoms with Gasteiger partial charge in [0.2, 0.25) is 5.91 Å². The number of aliphatic carboxylic acids is 1. The third kappa shape index (κ3) is 15.5. The molecule has 13 heteroatoms. The van der Waals surface area contributed by atoms with Gasteiger partial charge in [0.05, 0.1) is 19.8 Å². The van der Waals surface area contributed by atoms with Crippen LogP contribution in [0.4, 0.5) is 17.6 Å². The van der Waals surface area contributed by atoms with Crippen LogP contribution in [0, 0.1) is 0 Å². The van der Waals surface area contributed by atoms with Crippen molar-refractivity contribution in [1.82, 2.24) is 10.2 Å². The number of alkyl halides is 4. The molecule has 3 atom stereocenters. The van der Waals surface area contributed by atoms with Crippen molar-refractivity contribution in [2.24, 2.45) is 0 Å². The summed E-state index contributed by atoms with van der Waals surface area (Å²) in [6, 6.07) is 13.9. The number of hydrogen-bond donors (Lipinski definition) is 3. The lowest BCUT2D eigenvalue weighted by molar-refractivity contribution is -0.192. The summed E-state index contributed by atoms with van der Waals surface area (Å²) < 4.78 is 56.5. The van der Waals surface area contributed by atoms with Crippen LogP contribution < -0.4 is 14.8 Å². The minimum absolute atomic E-state index is 0.0741. The van der Waals surface area contributed by atoms with Gasteiger partial charge in [-0.05, 0) is 67.6 Å². The van der Waals surface area contributed by atoms with Crippen LogP contribution in [-0.4, -0.2) is 84.5 Å². The third-order valence-corrected chi connectivity index (χ3v) is 7.85. The maximum Gasteiger partial charge on any atom is 0.490 e. The van der Waals surface area contributed by atoms with Crippen molar-refractivity contribution in [2.45, 2.75) is 95.6 Å². The lowest BCUT2D eigenvalue weighted by atomic mass is 10.0. The quantitative estimate of drug-likeness (QED) is 0.0850. The van der Waals surface area contributed by atoms with Crippen LogP contribution in [0.3, 0.4) is 0 Å². The molecule has 1 aliphatic heterocycles. The number of aliphatic hydroxyl groups is 1. The van der Waals surface area contributed by atoms with Crippen LogP contribution in [-0.2, 0) is 9.59 Å². The number of amides is 1. The first-order valence-electron chi connectivity index (χ1n) is 16.4. The number of carbonyl (C=O) groups excluding carboxylic acids is 2. The predicted molar refractivity (Wildman–Crippen MR) is 173 cm³/mol. The molecule has 268 valence electrons. The van der Waals surface area contributed by atoms with Crippen molar-refractivity contribution in [3.8, 4) is 11.5 Å². The number of ether oxygens (including phenoxy) is 2. The van der Waals surface area contributed by atoms with Crippen LogP contribution in [0.25, 0.3) is 0 Å². The number of carboxylic acids is 1. The lowest BCUT2D eigenvalue weighted by Crippen LogP contribution is -2.46. The minimum atomic E-state index is -5.08. The van der Waals surface area contributed by atoms with E-state index >= 15 is 0 Å². The number of Topliss-reactive ketones (excluding diaryl/α,β-unsaturated/α-hetero) is 1. The van der Waals surface area contributed by atoms with E-state index < -0.39 is 30.5 Å². The number of methoxy groups -OCH3 is 1. The number of unbranched alkanes of at least 4 members (excludes halogenated alkanes) is 5. The van der Waals surface area contributed by atoms with E-state index in [1.165, 1.54) is 12.8 Å². The summed E-state index contributed by atoms with van der Waals surface area (Å²) >= 11 is 0. The van der Waals surface area contributed by atoms with Gasteiger partial charge in [0.25, 0.3) is 0 Å². The number of halogens is 4. The van der Waals surface area contributed by atoms with Gasteiger partial charge in [-0.1, -0.05) is 44.7 Å². The zero-order valence-corrected chi connectivity index (χ0v) is 27.6. The fourth-order valence-electron chi connectivity index (χ4n) is 5.11. The Kier molecular flexibility index (Phi) is 18.0. The molecule has 9 nitrogen and oxygen atoms in total. The Labute approximate surface area is 279 Å². The van der Waals surface area contributed by atoms with E-state index in [0.717, 1.165) is 25.0 Å². The van der Waals surface area contributed by atoms with Gasteiger partial charge >= 0.3 is 12.1 Å². The zero-order chi connectivity index (χ0) is 35.5. The third-order valence-electron chi connectivity index (χ3n) is 7.85. The fourth-order valence-corrected chi connectivity index (χ4v) is 5.11. The predicted octanol–water partition coefficient (Wildman–Crippen LogP) is 6.68. The number of carboxylic acid groups (broad SMARTS) is 1. The molecule has 3 N–H and O–H groups in total. The second kappa shape index (κ2) is 21.3. The Balaban J connectivity index is 0.00000103. The first-order valence-corrected chi connectivity index (χ1v) is 16.4. The van der Waals surface area contributed by atoms with Crippen molar-refractivity contribution in [3.05, 3.63) is 59.7 Å². The summed E-state index contributed by atoms with van der Waals surface area (Å²) in [4.78, 5) is 36.1. The average Bonchev–Trinajstić information content (AvgIpc) is 3.48. The van der Waals surface area contributed by atoms with Crippen LogP contribution in [0.15, 0.2) is 48.5 Å². The summed E-state index contributed by atoms with van der Waals surface area (Å²) in [5.74, 6) is -1.37. The highest BCUT2D eigenvalue weighted by Crippen LogP contribution is 2.24. The second-order valence-corrected chi connectivity index (χ2v) is 11.8. The Morgan fingerprint density at radius 3 is 2.10 bits per heavy atom. The van der Waals surface area contributed by atoms with E-state index in [4.69, 9.17) is 19.4 Å². The molecule has 0 aliphatic carbocycles. The van der Waals surface area contributed by atoms with Crippen LogP contribution in [0.1, 0.15) is 93.2 Å². The Hall–Kier alpha value is -3.71. The molecular formula is C35H48F4N2O7. The molecular weight excluding hydrogens is 636 g/mol. The van der Waals surface area contributed by atoms with Crippen molar-refractivity contribution in [2.75, 3.05) is 33.4 Å². The molecule has 1 amide bonds. The number of carbonyl (C=O) groups is 3. The molecule has 48 heavy (non-hydrogen) atoms. The van der Waals surface area contributed by atoms with Crippen molar-refractivity contribution in [1.29, 1.82) is 0 Å². The Bertz CT molecular complexity index is 1240. The van der Waals surface area contributed by atoms with Crippen molar-refractivity contribution in [3.63, 3.8) is 0 Å². The number of likely N-dealkylation sites (tertiary alicyclic amines) is 1. The number of ketones is 1. The summed E-state index contributed by atoms with van der Waals surface area (Å²) in [7, 11) is 1.59. The summed E-state index contributed by atoms with van der Waals surface area (Å²) in [6.07, 6.45) is 0.929. The molecule has 0 spiro atoms. The Morgan fingerprint density at radius 1 is 0.938 bits per heavy atom. The smallest absolute Gasteiger partial charge is 0.490 e. The van der Waals surface area contributed by atoms with Crippen molar-refractivity contribution < 1.29 is 51.6 Å². The highest BCUT2D eigenvalue weighted by molar-refractivity contribution is 5.96. The van der Waals surface area contributed by atoms with Gasteiger partial charge in [0.15, 0.2) is 5.78 Å². The van der Waals surface area contributed by atoms with Crippen molar-refractivity contribution >= 4 is 17.7 Å². The molecule has 1 saturated heterocycles. The average molecular weight is 685 g/mol. The van der Waals surface area contributed by atoms with E-state index in [0.29, 0.717) is 75.2 Å². The SMILES string of the molecule is CCCCCCOc1ccc([C@@H](O)[C@@H](CN2CC[C@@H](F)C2)NC(=O)CCCCCC(=O)c2ccc(OC)cc2)cc1.O=C(O)C(F)(F)F. The molecule has 0 radical (unpaired) electrons. The summed E-state index contributed by atoms with van der Waals surface area (Å²) in [6.45, 7) is 4.13. The largest absolute Gasteiger partial charge is 0.497 e. The summed E-state index contributed by atoms with van der Waals surface area (Å²) in [5, 5.41) is 21.3. The number of aliphatic hydroxyl groups excluding tert-OH is 1. The molecule has 2 aromatic carbocycles. The highest BCUT2D eigenvalue weighted by atomic mass is 19.4. The first-order chi connectivity index (χ1) is 22.8. The van der Waals surface area contributed by atoms with Gasteiger partial charge in [0.1, 0.15) is 23.8 Å². The fraction of sp³-hybridized carbons (Fsp3) is 0.571. The normalized spacial score (nSPS) is 15.9. The van der Waals surface area contributed by atoms with Gasteiger partial charge in [-0.2, -0.15) is 13.2 Å². The molecule has 1 fully saturated rings. The van der Waals surface area contributed by atoms with E-state index in [1.807, 2.05) is 29.2 Å². The minimum Gasteiger partial charge on any atom is -0.497 e. The molecule has 1 aliphatic rings. The van der Waals surface area contributed by atoms with Crippen LogP contribution in [0.2, 0.25) is 0 Å². The van der Waals surface area contributed by atoms with Crippen LogP contribution >= 0.6 is 0 Å². The molecule has 0 aromatic heterocycles. The maximum absolute atomic E-state index is 13.8. The monoisotopic (exact) mass is 684 g/mol.